The molecule has 1 atom stereocenters. The van der Waals surface area contributed by atoms with Crippen LogP contribution in [0.25, 0.3) is 0 Å². The zero-order valence-corrected chi connectivity index (χ0v) is 11.2. The molecule has 0 aliphatic carbocycles. The van der Waals surface area contributed by atoms with Gasteiger partial charge in [0.1, 0.15) is 0 Å². The summed E-state index contributed by atoms with van der Waals surface area (Å²) in [6.45, 7) is 4.79. The number of anilines is 1. The number of rotatable bonds is 2. The molecule has 98 valence electrons. The third-order valence-corrected chi connectivity index (χ3v) is 3.48. The third-order valence-electron chi connectivity index (χ3n) is 3.48. The quantitative estimate of drug-likeness (QED) is 0.836. The molecule has 2 N–H and O–H groups in total. The second-order valence-corrected chi connectivity index (χ2v) is 5.25. The van der Waals surface area contributed by atoms with E-state index in [2.05, 4.69) is 5.32 Å². The van der Waals surface area contributed by atoms with Gasteiger partial charge in [-0.25, -0.2) is 0 Å². The van der Waals surface area contributed by atoms with Crippen molar-refractivity contribution in [2.75, 3.05) is 25.5 Å². The number of β-amino-alcohol motifs (C(OH)–C–C–N with tert-alkyl or cyclic N) is 1. The van der Waals surface area contributed by atoms with Gasteiger partial charge in [0, 0.05) is 31.4 Å². The highest BCUT2D eigenvalue weighted by atomic mass is 16.3. The maximum Gasteiger partial charge on any atom is 0.253 e. The molecule has 1 aromatic rings. The summed E-state index contributed by atoms with van der Waals surface area (Å²) in [5, 5.41) is 13.0. The number of nitrogens with zero attached hydrogens (tertiary/aromatic N) is 1. The van der Waals surface area contributed by atoms with E-state index in [9.17, 15) is 9.90 Å². The van der Waals surface area contributed by atoms with Crippen LogP contribution in [0.5, 0.6) is 0 Å². The first-order chi connectivity index (χ1) is 8.43. The molecule has 1 amide bonds. The lowest BCUT2D eigenvalue weighted by atomic mass is 10.1. The van der Waals surface area contributed by atoms with Crippen molar-refractivity contribution >= 4 is 11.6 Å². The van der Waals surface area contributed by atoms with Gasteiger partial charge in [0.15, 0.2) is 0 Å². The van der Waals surface area contributed by atoms with Gasteiger partial charge in [0.25, 0.3) is 5.91 Å². The summed E-state index contributed by atoms with van der Waals surface area (Å²) in [6.07, 6.45) is 0.645. The molecular formula is C14H20N2O2. The van der Waals surface area contributed by atoms with Gasteiger partial charge in [-0.15, -0.1) is 0 Å². The molecule has 18 heavy (non-hydrogen) atoms. The maximum atomic E-state index is 12.3. The number of aryl methyl sites for hydroxylation is 1. The number of benzene rings is 1. The fraction of sp³-hybridized carbons (Fsp3) is 0.500. The second-order valence-electron chi connectivity index (χ2n) is 5.25. The number of hydrogen-bond acceptors (Lipinski definition) is 3. The summed E-state index contributed by atoms with van der Waals surface area (Å²) in [5.41, 5.74) is 2.02. The van der Waals surface area contributed by atoms with E-state index < -0.39 is 5.60 Å². The van der Waals surface area contributed by atoms with Crippen molar-refractivity contribution in [1.82, 2.24) is 4.90 Å². The monoisotopic (exact) mass is 248 g/mol. The van der Waals surface area contributed by atoms with Crippen LogP contribution in [0, 0.1) is 6.92 Å². The zero-order valence-electron chi connectivity index (χ0n) is 11.2. The van der Waals surface area contributed by atoms with Crippen molar-refractivity contribution in [1.29, 1.82) is 0 Å². The van der Waals surface area contributed by atoms with Gasteiger partial charge in [-0.2, -0.15) is 0 Å². The molecule has 1 aliphatic heterocycles. The zero-order chi connectivity index (χ0) is 13.3. The standard InChI is InChI=1S/C14H20N2O2/c1-10-8-11(4-5-12(10)15-3)13(17)16-7-6-14(2,18)9-16/h4-5,8,15,18H,6-7,9H2,1-3H3. The highest BCUT2D eigenvalue weighted by Crippen LogP contribution is 2.23. The third kappa shape index (κ3) is 2.48. The van der Waals surface area contributed by atoms with E-state index >= 15 is 0 Å². The Kier molecular flexibility index (Phi) is 3.30. The molecule has 4 nitrogen and oxygen atoms in total. The predicted octanol–water partition coefficient (Wildman–Crippen LogP) is 1.63. The highest BCUT2D eigenvalue weighted by Gasteiger charge is 2.34. The van der Waals surface area contributed by atoms with E-state index in [4.69, 9.17) is 0 Å². The fourth-order valence-electron chi connectivity index (χ4n) is 2.38. The van der Waals surface area contributed by atoms with Crippen molar-refractivity contribution < 1.29 is 9.90 Å². The minimum Gasteiger partial charge on any atom is -0.388 e. The molecule has 1 aliphatic rings. The minimum atomic E-state index is -0.740. The van der Waals surface area contributed by atoms with Crippen LogP contribution in [0.3, 0.4) is 0 Å². The molecule has 1 aromatic carbocycles. The van der Waals surface area contributed by atoms with Crippen molar-refractivity contribution in [2.24, 2.45) is 0 Å². The Morgan fingerprint density at radius 1 is 1.50 bits per heavy atom. The molecule has 1 heterocycles. The SMILES string of the molecule is CNc1ccc(C(=O)N2CCC(C)(O)C2)cc1C. The smallest absolute Gasteiger partial charge is 0.253 e. The van der Waals surface area contributed by atoms with Gasteiger partial charge < -0.3 is 15.3 Å². The summed E-state index contributed by atoms with van der Waals surface area (Å²) in [7, 11) is 1.86. The number of nitrogens with one attached hydrogen (secondary N) is 1. The molecule has 0 bridgehead atoms. The van der Waals surface area contributed by atoms with Gasteiger partial charge in [0.2, 0.25) is 0 Å². The van der Waals surface area contributed by atoms with Crippen LogP contribution < -0.4 is 5.32 Å². The molecule has 1 fully saturated rings. The summed E-state index contributed by atoms with van der Waals surface area (Å²) in [6, 6.07) is 5.63. The van der Waals surface area contributed by atoms with Gasteiger partial charge >= 0.3 is 0 Å². The van der Waals surface area contributed by atoms with Gasteiger partial charge in [-0.3, -0.25) is 4.79 Å². The van der Waals surface area contributed by atoms with Gasteiger partial charge in [0.05, 0.1) is 5.60 Å². The van der Waals surface area contributed by atoms with Crippen LogP contribution in [-0.2, 0) is 0 Å². The minimum absolute atomic E-state index is 0.00136. The van der Waals surface area contributed by atoms with E-state index in [1.54, 1.807) is 11.8 Å². The van der Waals surface area contributed by atoms with E-state index in [0.29, 0.717) is 25.1 Å². The fourth-order valence-corrected chi connectivity index (χ4v) is 2.38. The van der Waals surface area contributed by atoms with Gasteiger partial charge in [-0.05, 0) is 44.0 Å². The lowest BCUT2D eigenvalue weighted by Crippen LogP contribution is -2.33. The Morgan fingerprint density at radius 3 is 2.72 bits per heavy atom. The van der Waals surface area contributed by atoms with E-state index in [0.717, 1.165) is 11.3 Å². The van der Waals surface area contributed by atoms with Crippen molar-refractivity contribution in [3.8, 4) is 0 Å². The Morgan fingerprint density at radius 2 is 2.22 bits per heavy atom. The number of carbonyl (C=O) groups excluding carboxylic acids is 1. The molecule has 0 radical (unpaired) electrons. The first-order valence-electron chi connectivity index (χ1n) is 6.23. The topological polar surface area (TPSA) is 52.6 Å². The van der Waals surface area contributed by atoms with Crippen LogP contribution in [0.1, 0.15) is 29.3 Å². The van der Waals surface area contributed by atoms with Crippen LogP contribution >= 0.6 is 0 Å². The van der Waals surface area contributed by atoms with E-state index in [1.165, 1.54) is 0 Å². The first-order valence-corrected chi connectivity index (χ1v) is 6.23. The number of likely N-dealkylation sites (tertiary alicyclic amines) is 1. The molecule has 2 rings (SSSR count). The number of amides is 1. The van der Waals surface area contributed by atoms with E-state index in [1.807, 2.05) is 32.2 Å². The van der Waals surface area contributed by atoms with Crippen LogP contribution in [0.4, 0.5) is 5.69 Å². The Bertz CT molecular complexity index is 469. The lowest BCUT2D eigenvalue weighted by Gasteiger charge is -2.19. The van der Waals surface area contributed by atoms with Crippen molar-refractivity contribution in [2.45, 2.75) is 25.9 Å². The summed E-state index contributed by atoms with van der Waals surface area (Å²) in [5.74, 6) is -0.00136. The molecule has 1 saturated heterocycles. The second kappa shape index (κ2) is 4.61. The lowest BCUT2D eigenvalue weighted by molar-refractivity contribution is 0.0572. The summed E-state index contributed by atoms with van der Waals surface area (Å²) >= 11 is 0. The van der Waals surface area contributed by atoms with Gasteiger partial charge in [-0.1, -0.05) is 0 Å². The molecule has 0 saturated carbocycles. The molecule has 4 heteroatoms. The number of hydrogen-bond donors (Lipinski definition) is 2. The summed E-state index contributed by atoms with van der Waals surface area (Å²) in [4.78, 5) is 14.0. The average molecular weight is 248 g/mol. The molecular weight excluding hydrogens is 228 g/mol. The number of aliphatic hydroxyl groups is 1. The van der Waals surface area contributed by atoms with Crippen LogP contribution in [0.2, 0.25) is 0 Å². The molecule has 1 unspecified atom stereocenters. The Hall–Kier alpha value is -1.55. The predicted molar refractivity (Wildman–Crippen MR) is 71.9 cm³/mol. The van der Waals surface area contributed by atoms with Crippen LogP contribution in [-0.4, -0.2) is 41.7 Å². The average Bonchev–Trinajstić information content (AvgIpc) is 2.68. The molecule has 0 aromatic heterocycles. The van der Waals surface area contributed by atoms with Crippen molar-refractivity contribution in [3.63, 3.8) is 0 Å². The first kappa shape index (κ1) is 12.9. The maximum absolute atomic E-state index is 12.3. The van der Waals surface area contributed by atoms with E-state index in [-0.39, 0.29) is 5.91 Å². The Balaban J connectivity index is 2.17. The normalized spacial score (nSPS) is 23.2. The van der Waals surface area contributed by atoms with Crippen molar-refractivity contribution in [3.05, 3.63) is 29.3 Å². The molecule has 0 spiro atoms. The Labute approximate surface area is 108 Å². The number of carbonyl (C=O) groups is 1. The highest BCUT2D eigenvalue weighted by molar-refractivity contribution is 5.95. The van der Waals surface area contributed by atoms with Crippen LogP contribution in [0.15, 0.2) is 18.2 Å². The largest absolute Gasteiger partial charge is 0.388 e. The summed E-state index contributed by atoms with van der Waals surface area (Å²) < 4.78 is 0.